The van der Waals surface area contributed by atoms with Gasteiger partial charge < -0.3 is 19.7 Å². The van der Waals surface area contributed by atoms with E-state index in [1.165, 1.54) is 7.11 Å². The van der Waals surface area contributed by atoms with Crippen LogP contribution in [0.2, 0.25) is 0 Å². The molecule has 2 N–H and O–H groups in total. The molecule has 0 aliphatic carbocycles. The van der Waals surface area contributed by atoms with Gasteiger partial charge in [-0.05, 0) is 31.0 Å². The lowest BCUT2D eigenvalue weighted by Gasteiger charge is -2.15. The van der Waals surface area contributed by atoms with Crippen molar-refractivity contribution >= 4 is 11.9 Å². The Balaban J connectivity index is 1.89. The summed E-state index contributed by atoms with van der Waals surface area (Å²) in [5.41, 5.74) is 0.476. The fourth-order valence-electron chi connectivity index (χ4n) is 2.16. The second kappa shape index (κ2) is 8.09. The number of nitrogens with zero attached hydrogens (tertiary/aromatic N) is 2. The predicted octanol–water partition coefficient (Wildman–Crippen LogP) is 1.65. The fraction of sp³-hybridized carbons (Fsp3) is 0.375. The highest BCUT2D eigenvalue weighted by Crippen LogP contribution is 2.18. The standard InChI is InChI=1S/C16H19N3O5/c1-10-17-14(24-19-10)5-3-4-13(20)18-15(16(21)22)11-6-8-12(23-2)9-7-11/h6-9,15H,3-5H2,1-2H3,(H,18,20)(H,21,22). The predicted molar refractivity (Wildman–Crippen MR) is 83.5 cm³/mol. The quantitative estimate of drug-likeness (QED) is 0.755. The van der Waals surface area contributed by atoms with Gasteiger partial charge in [-0.25, -0.2) is 4.79 Å². The van der Waals surface area contributed by atoms with Crippen molar-refractivity contribution < 1.29 is 24.0 Å². The number of aromatic nitrogens is 2. The molecule has 0 aliphatic rings. The van der Waals surface area contributed by atoms with Gasteiger partial charge in [0.1, 0.15) is 5.75 Å². The SMILES string of the molecule is COc1ccc(C(NC(=O)CCCc2nc(C)no2)C(=O)O)cc1. The summed E-state index contributed by atoms with van der Waals surface area (Å²) >= 11 is 0. The fourth-order valence-corrected chi connectivity index (χ4v) is 2.16. The molecule has 1 aromatic carbocycles. The van der Waals surface area contributed by atoms with Gasteiger partial charge in [-0.2, -0.15) is 4.98 Å². The number of ether oxygens (including phenoxy) is 1. The molecule has 1 unspecified atom stereocenters. The molecule has 24 heavy (non-hydrogen) atoms. The number of hydrogen-bond donors (Lipinski definition) is 2. The molecule has 1 amide bonds. The van der Waals surface area contributed by atoms with Crippen LogP contribution in [0.25, 0.3) is 0 Å². The minimum atomic E-state index is -1.12. The van der Waals surface area contributed by atoms with E-state index in [9.17, 15) is 14.7 Å². The van der Waals surface area contributed by atoms with Crippen molar-refractivity contribution in [1.82, 2.24) is 15.5 Å². The zero-order valence-corrected chi connectivity index (χ0v) is 13.5. The van der Waals surface area contributed by atoms with E-state index in [2.05, 4.69) is 15.5 Å². The van der Waals surface area contributed by atoms with E-state index in [-0.39, 0.29) is 12.3 Å². The summed E-state index contributed by atoms with van der Waals surface area (Å²) in [6.07, 6.45) is 1.12. The summed E-state index contributed by atoms with van der Waals surface area (Å²) in [5, 5.41) is 15.5. The van der Waals surface area contributed by atoms with Crippen molar-refractivity contribution in [3.8, 4) is 5.75 Å². The molecule has 8 nitrogen and oxygen atoms in total. The van der Waals surface area contributed by atoms with Crippen LogP contribution < -0.4 is 10.1 Å². The van der Waals surface area contributed by atoms with Gasteiger partial charge in [-0.1, -0.05) is 17.3 Å². The first-order valence-electron chi connectivity index (χ1n) is 7.45. The van der Waals surface area contributed by atoms with Crippen LogP contribution in [0.4, 0.5) is 0 Å². The van der Waals surface area contributed by atoms with Gasteiger partial charge in [0.2, 0.25) is 11.8 Å². The van der Waals surface area contributed by atoms with Crippen molar-refractivity contribution in [2.24, 2.45) is 0 Å². The molecule has 1 heterocycles. The number of carbonyl (C=O) groups excluding carboxylic acids is 1. The van der Waals surface area contributed by atoms with E-state index in [1.807, 2.05) is 0 Å². The summed E-state index contributed by atoms with van der Waals surface area (Å²) in [6, 6.07) is 5.41. The van der Waals surface area contributed by atoms with Crippen molar-refractivity contribution in [3.63, 3.8) is 0 Å². The van der Waals surface area contributed by atoms with Gasteiger partial charge >= 0.3 is 5.97 Å². The minimum absolute atomic E-state index is 0.168. The molecule has 0 fully saturated rings. The van der Waals surface area contributed by atoms with Gasteiger partial charge in [-0.15, -0.1) is 0 Å². The maximum Gasteiger partial charge on any atom is 0.330 e. The van der Waals surface area contributed by atoms with Crippen molar-refractivity contribution in [2.75, 3.05) is 7.11 Å². The number of carboxylic acids is 1. The maximum absolute atomic E-state index is 12.0. The maximum atomic E-state index is 12.0. The lowest BCUT2D eigenvalue weighted by atomic mass is 10.1. The van der Waals surface area contributed by atoms with Crippen LogP contribution in [0.1, 0.15) is 36.2 Å². The van der Waals surface area contributed by atoms with Crippen molar-refractivity contribution in [2.45, 2.75) is 32.2 Å². The smallest absolute Gasteiger partial charge is 0.330 e. The Morgan fingerprint density at radius 1 is 1.33 bits per heavy atom. The van der Waals surface area contributed by atoms with Crippen LogP contribution in [0.5, 0.6) is 5.75 Å². The van der Waals surface area contributed by atoms with E-state index >= 15 is 0 Å². The van der Waals surface area contributed by atoms with Crippen molar-refractivity contribution in [3.05, 3.63) is 41.5 Å². The Morgan fingerprint density at radius 2 is 2.04 bits per heavy atom. The van der Waals surface area contributed by atoms with E-state index in [4.69, 9.17) is 9.26 Å². The van der Waals surface area contributed by atoms with Gasteiger partial charge in [0.15, 0.2) is 11.9 Å². The molecule has 0 spiro atoms. The number of hydrogen-bond acceptors (Lipinski definition) is 6. The number of carbonyl (C=O) groups is 2. The number of rotatable bonds is 8. The third kappa shape index (κ3) is 4.80. The summed E-state index contributed by atoms with van der Waals surface area (Å²) in [7, 11) is 1.52. The first kappa shape index (κ1) is 17.5. The largest absolute Gasteiger partial charge is 0.497 e. The van der Waals surface area contributed by atoms with Crippen LogP contribution in [-0.4, -0.2) is 34.2 Å². The van der Waals surface area contributed by atoms with Gasteiger partial charge in [0.25, 0.3) is 0 Å². The molecule has 128 valence electrons. The molecule has 1 aromatic heterocycles. The first-order chi connectivity index (χ1) is 11.5. The van der Waals surface area contributed by atoms with Crippen LogP contribution in [0.15, 0.2) is 28.8 Å². The number of methoxy groups -OCH3 is 1. The first-order valence-corrected chi connectivity index (χ1v) is 7.45. The second-order valence-electron chi connectivity index (χ2n) is 5.20. The molecule has 2 aromatic rings. The molecule has 0 aliphatic heterocycles. The molecule has 0 bridgehead atoms. The Morgan fingerprint density at radius 3 is 2.58 bits per heavy atom. The monoisotopic (exact) mass is 333 g/mol. The molecule has 0 saturated heterocycles. The molecular formula is C16H19N3O5. The molecule has 0 radical (unpaired) electrons. The molecule has 8 heteroatoms. The highest BCUT2D eigenvalue weighted by Gasteiger charge is 2.22. The Labute approximate surface area is 138 Å². The number of aryl methyl sites for hydroxylation is 2. The normalized spacial score (nSPS) is 11.8. The number of aliphatic carboxylic acids is 1. The average molecular weight is 333 g/mol. The van der Waals surface area contributed by atoms with Crippen LogP contribution >= 0.6 is 0 Å². The van der Waals surface area contributed by atoms with Gasteiger partial charge in [0, 0.05) is 12.8 Å². The Hall–Kier alpha value is -2.90. The highest BCUT2D eigenvalue weighted by molar-refractivity contribution is 5.84. The van der Waals surface area contributed by atoms with Gasteiger partial charge in [-0.3, -0.25) is 4.79 Å². The van der Waals surface area contributed by atoms with Gasteiger partial charge in [0.05, 0.1) is 7.11 Å². The second-order valence-corrected chi connectivity index (χ2v) is 5.20. The lowest BCUT2D eigenvalue weighted by Crippen LogP contribution is -2.33. The van der Waals surface area contributed by atoms with E-state index < -0.39 is 12.0 Å². The zero-order chi connectivity index (χ0) is 17.5. The van der Waals surface area contributed by atoms with E-state index in [0.29, 0.717) is 35.9 Å². The lowest BCUT2D eigenvalue weighted by molar-refractivity contribution is -0.142. The number of amides is 1. The van der Waals surface area contributed by atoms with Crippen LogP contribution in [-0.2, 0) is 16.0 Å². The topological polar surface area (TPSA) is 115 Å². The molecule has 2 rings (SSSR count). The highest BCUT2D eigenvalue weighted by atomic mass is 16.5. The summed E-state index contributed by atoms with van der Waals surface area (Å²) < 4.78 is 9.99. The minimum Gasteiger partial charge on any atom is -0.497 e. The number of carboxylic acid groups (broad SMARTS) is 1. The summed E-state index contributed by atoms with van der Waals surface area (Å²) in [6.45, 7) is 1.71. The van der Waals surface area contributed by atoms with Crippen LogP contribution in [0.3, 0.4) is 0 Å². The summed E-state index contributed by atoms with van der Waals surface area (Å²) in [5.74, 6) is 0.143. The van der Waals surface area contributed by atoms with E-state index in [1.54, 1.807) is 31.2 Å². The number of nitrogens with one attached hydrogen (secondary N) is 1. The average Bonchev–Trinajstić information content (AvgIpc) is 2.98. The molecular weight excluding hydrogens is 314 g/mol. The number of benzene rings is 1. The Kier molecular flexibility index (Phi) is 5.89. The third-order valence-electron chi connectivity index (χ3n) is 3.37. The van der Waals surface area contributed by atoms with E-state index in [0.717, 1.165) is 0 Å². The molecule has 1 atom stereocenters. The molecule has 0 saturated carbocycles. The summed E-state index contributed by atoms with van der Waals surface area (Å²) in [4.78, 5) is 27.4. The van der Waals surface area contributed by atoms with Crippen LogP contribution in [0, 0.1) is 6.92 Å². The Bertz CT molecular complexity index is 696. The third-order valence-corrected chi connectivity index (χ3v) is 3.37. The van der Waals surface area contributed by atoms with Crippen molar-refractivity contribution in [1.29, 1.82) is 0 Å². The zero-order valence-electron chi connectivity index (χ0n) is 13.5.